The quantitative estimate of drug-likeness (QED) is 0.585. The highest BCUT2D eigenvalue weighted by Crippen LogP contribution is 2.41. The van der Waals surface area contributed by atoms with E-state index in [1.807, 2.05) is 33.7 Å². The highest BCUT2D eigenvalue weighted by molar-refractivity contribution is 7.19. The van der Waals surface area contributed by atoms with E-state index in [2.05, 4.69) is 18.7 Å². The van der Waals surface area contributed by atoms with Crippen LogP contribution in [-0.4, -0.2) is 47.0 Å². The number of hydrogen-bond donors (Lipinski definition) is 0. The van der Waals surface area contributed by atoms with E-state index in [0.29, 0.717) is 0 Å². The van der Waals surface area contributed by atoms with Gasteiger partial charge in [0, 0.05) is 37.5 Å². The van der Waals surface area contributed by atoms with Crippen LogP contribution >= 0.6 is 22.7 Å². The molecule has 1 fully saturated rings. The van der Waals surface area contributed by atoms with Crippen LogP contribution in [0.25, 0.3) is 10.2 Å². The molecule has 1 aliphatic heterocycles. The summed E-state index contributed by atoms with van der Waals surface area (Å²) in [5.74, 6) is 2.98. The summed E-state index contributed by atoms with van der Waals surface area (Å²) in [6.07, 6.45) is 5.52. The minimum atomic E-state index is 0.158. The van der Waals surface area contributed by atoms with Crippen molar-refractivity contribution < 1.29 is 4.79 Å². The molecule has 1 unspecified atom stereocenters. The number of carbonyl (C=O) groups excluding carboxylic acids is 1. The van der Waals surface area contributed by atoms with Crippen LogP contribution in [0.3, 0.4) is 0 Å². The van der Waals surface area contributed by atoms with Crippen LogP contribution < -0.4 is 4.90 Å². The van der Waals surface area contributed by atoms with Crippen LogP contribution in [0.2, 0.25) is 0 Å². The van der Waals surface area contributed by atoms with Crippen molar-refractivity contribution in [2.24, 2.45) is 5.92 Å². The lowest BCUT2D eigenvalue weighted by molar-refractivity contribution is 0.0751. The van der Waals surface area contributed by atoms with Crippen molar-refractivity contribution in [2.75, 3.05) is 31.1 Å². The maximum absolute atomic E-state index is 12.7. The number of thiophene rings is 2. The molecule has 5 rings (SSSR count). The lowest BCUT2D eigenvalue weighted by Crippen LogP contribution is -2.49. The zero-order valence-corrected chi connectivity index (χ0v) is 19.3. The zero-order chi connectivity index (χ0) is 20.7. The number of aryl methyl sites for hydroxylation is 2. The van der Waals surface area contributed by atoms with Crippen LogP contribution in [0.15, 0.2) is 17.5 Å². The second-order valence-electron chi connectivity index (χ2n) is 8.50. The summed E-state index contributed by atoms with van der Waals surface area (Å²) in [7, 11) is 0. The molecule has 3 aromatic rings. The predicted molar refractivity (Wildman–Crippen MR) is 125 cm³/mol. The second-order valence-corrected chi connectivity index (χ2v) is 10.5. The highest BCUT2D eigenvalue weighted by Gasteiger charge is 2.29. The Balaban J connectivity index is 1.45. The first kappa shape index (κ1) is 19.9. The smallest absolute Gasteiger partial charge is 0.264 e. The molecule has 4 heterocycles. The standard InChI is InChI=1S/C23H28N4OS2/c1-3-5-19-24-21(20-16-8-7-15(2)14-18(16)30-22(20)25-19)26-9-11-27(12-10-26)23(28)17-6-4-13-29-17/h4,6,13,15H,3,5,7-12,14H2,1-2H3. The third-order valence-corrected chi connectivity index (χ3v) is 8.26. The van der Waals surface area contributed by atoms with E-state index in [9.17, 15) is 4.79 Å². The molecule has 30 heavy (non-hydrogen) atoms. The van der Waals surface area contributed by atoms with Gasteiger partial charge in [-0.25, -0.2) is 9.97 Å². The molecule has 7 heteroatoms. The van der Waals surface area contributed by atoms with Gasteiger partial charge in [0.1, 0.15) is 16.5 Å². The molecule has 1 saturated heterocycles. The van der Waals surface area contributed by atoms with E-state index < -0.39 is 0 Å². The number of amides is 1. The fourth-order valence-corrected chi connectivity index (χ4v) is 6.69. The van der Waals surface area contributed by atoms with Crippen molar-refractivity contribution in [3.8, 4) is 0 Å². The van der Waals surface area contributed by atoms with Gasteiger partial charge in [0.2, 0.25) is 0 Å². The van der Waals surface area contributed by atoms with Gasteiger partial charge in [0.15, 0.2) is 0 Å². The van der Waals surface area contributed by atoms with Gasteiger partial charge < -0.3 is 9.80 Å². The number of piperazine rings is 1. The van der Waals surface area contributed by atoms with E-state index in [1.54, 1.807) is 0 Å². The second kappa shape index (κ2) is 8.27. The van der Waals surface area contributed by atoms with Gasteiger partial charge in [-0.1, -0.05) is 19.9 Å². The Bertz CT molecular complexity index is 1050. The molecule has 0 aromatic carbocycles. The molecule has 5 nitrogen and oxygen atoms in total. The zero-order valence-electron chi connectivity index (χ0n) is 17.7. The number of nitrogens with zero attached hydrogens (tertiary/aromatic N) is 4. The fourth-order valence-electron chi connectivity index (χ4n) is 4.61. The van der Waals surface area contributed by atoms with Crippen molar-refractivity contribution >= 4 is 44.6 Å². The Labute approximate surface area is 185 Å². The molecule has 0 spiro atoms. The third kappa shape index (κ3) is 3.62. The van der Waals surface area contributed by atoms with E-state index in [-0.39, 0.29) is 5.91 Å². The van der Waals surface area contributed by atoms with Gasteiger partial charge >= 0.3 is 0 Å². The fraction of sp³-hybridized carbons (Fsp3) is 0.522. The average molecular weight is 441 g/mol. The summed E-state index contributed by atoms with van der Waals surface area (Å²) in [5, 5.41) is 3.26. The van der Waals surface area contributed by atoms with Gasteiger partial charge in [0.05, 0.1) is 10.3 Å². The molecule has 0 N–H and O–H groups in total. The minimum Gasteiger partial charge on any atom is -0.352 e. The summed E-state index contributed by atoms with van der Waals surface area (Å²) in [6.45, 7) is 7.69. The average Bonchev–Trinajstić information content (AvgIpc) is 3.40. The molecule has 0 saturated carbocycles. The molecule has 1 aliphatic carbocycles. The van der Waals surface area contributed by atoms with Crippen molar-refractivity contribution in [1.82, 2.24) is 14.9 Å². The number of fused-ring (bicyclic) bond motifs is 3. The van der Waals surface area contributed by atoms with Crippen LogP contribution in [0, 0.1) is 5.92 Å². The molecule has 3 aromatic heterocycles. The number of hydrogen-bond acceptors (Lipinski definition) is 6. The molecule has 1 amide bonds. The molecular weight excluding hydrogens is 412 g/mol. The predicted octanol–water partition coefficient (Wildman–Crippen LogP) is 4.79. The van der Waals surface area contributed by atoms with E-state index in [1.165, 1.54) is 44.8 Å². The molecule has 0 radical (unpaired) electrons. The minimum absolute atomic E-state index is 0.158. The third-order valence-electron chi connectivity index (χ3n) is 6.25. The topological polar surface area (TPSA) is 49.3 Å². The van der Waals surface area contributed by atoms with E-state index in [4.69, 9.17) is 9.97 Å². The first-order valence-corrected chi connectivity index (χ1v) is 12.7. The molecular formula is C23H28N4OS2. The van der Waals surface area contributed by atoms with Gasteiger partial charge in [0.25, 0.3) is 5.91 Å². The van der Waals surface area contributed by atoms with Gasteiger partial charge in [-0.3, -0.25) is 4.79 Å². The normalized spacial score (nSPS) is 19.3. The number of anilines is 1. The first-order chi connectivity index (χ1) is 14.6. The van der Waals surface area contributed by atoms with E-state index >= 15 is 0 Å². The highest BCUT2D eigenvalue weighted by atomic mass is 32.1. The van der Waals surface area contributed by atoms with Crippen LogP contribution in [-0.2, 0) is 19.3 Å². The van der Waals surface area contributed by atoms with Crippen molar-refractivity contribution in [3.05, 3.63) is 38.7 Å². The summed E-state index contributed by atoms with van der Waals surface area (Å²) in [6, 6.07) is 3.87. The van der Waals surface area contributed by atoms with Crippen molar-refractivity contribution in [1.29, 1.82) is 0 Å². The Morgan fingerprint density at radius 3 is 2.80 bits per heavy atom. The Kier molecular flexibility index (Phi) is 5.50. The maximum atomic E-state index is 12.7. The van der Waals surface area contributed by atoms with E-state index in [0.717, 1.165) is 67.9 Å². The lowest BCUT2D eigenvalue weighted by Gasteiger charge is -2.35. The van der Waals surface area contributed by atoms with Gasteiger partial charge in [-0.05, 0) is 48.6 Å². The Morgan fingerprint density at radius 2 is 2.07 bits per heavy atom. The number of rotatable bonds is 4. The Morgan fingerprint density at radius 1 is 1.23 bits per heavy atom. The molecule has 158 valence electrons. The number of aromatic nitrogens is 2. The monoisotopic (exact) mass is 440 g/mol. The van der Waals surface area contributed by atoms with Crippen LogP contribution in [0.5, 0.6) is 0 Å². The summed E-state index contributed by atoms with van der Waals surface area (Å²) in [4.78, 5) is 30.6. The Hall–Kier alpha value is -1.99. The van der Waals surface area contributed by atoms with Gasteiger partial charge in [-0.2, -0.15) is 0 Å². The molecule has 0 bridgehead atoms. The first-order valence-electron chi connectivity index (χ1n) is 11.0. The summed E-state index contributed by atoms with van der Waals surface area (Å²) < 4.78 is 0. The van der Waals surface area contributed by atoms with Crippen molar-refractivity contribution in [3.63, 3.8) is 0 Å². The number of carbonyl (C=O) groups is 1. The summed E-state index contributed by atoms with van der Waals surface area (Å²) in [5.41, 5.74) is 1.49. The van der Waals surface area contributed by atoms with Crippen molar-refractivity contribution in [2.45, 2.75) is 46.0 Å². The maximum Gasteiger partial charge on any atom is 0.264 e. The molecule has 1 atom stereocenters. The van der Waals surface area contributed by atoms with Gasteiger partial charge in [-0.15, -0.1) is 22.7 Å². The van der Waals surface area contributed by atoms with Crippen LogP contribution in [0.1, 0.15) is 52.6 Å². The molecule has 2 aliphatic rings. The largest absolute Gasteiger partial charge is 0.352 e. The summed E-state index contributed by atoms with van der Waals surface area (Å²) >= 11 is 3.41. The lowest BCUT2D eigenvalue weighted by atomic mass is 9.89. The SMILES string of the molecule is CCCc1nc(N2CCN(C(=O)c3cccs3)CC2)c2c3c(sc2n1)CC(C)CC3. The van der Waals surface area contributed by atoms with Crippen LogP contribution in [0.4, 0.5) is 5.82 Å².